The predicted octanol–water partition coefficient (Wildman–Crippen LogP) is 0.681. The molecule has 21 heavy (non-hydrogen) atoms. The van der Waals surface area contributed by atoms with Crippen LogP contribution in [-0.4, -0.2) is 46.8 Å². The molecule has 0 aromatic carbocycles. The highest BCUT2D eigenvalue weighted by Crippen LogP contribution is 2.39. The van der Waals surface area contributed by atoms with Crippen LogP contribution in [0.25, 0.3) is 0 Å². The molecule has 0 saturated carbocycles. The van der Waals surface area contributed by atoms with Crippen molar-refractivity contribution in [2.75, 3.05) is 0 Å². The number of aliphatic carboxylic acids is 2. The number of ether oxygens (including phenoxy) is 2. The standard InChI is InChI=1S/C13H20O8/c1-12(2,3)13(4,5)11(19)21-8(10(17)18)7(9(15)16)20-6-14/h6-8H,1-5H3,(H,15,16)(H,17,18). The second kappa shape index (κ2) is 6.55. The first-order valence-electron chi connectivity index (χ1n) is 6.12. The Balaban J connectivity index is 5.36. The third-order valence-corrected chi connectivity index (χ3v) is 3.58. The summed E-state index contributed by atoms with van der Waals surface area (Å²) < 4.78 is 8.96. The summed E-state index contributed by atoms with van der Waals surface area (Å²) in [5.74, 6) is -4.35. The molecular formula is C13H20O8. The molecule has 8 nitrogen and oxygen atoms in total. The third-order valence-electron chi connectivity index (χ3n) is 3.58. The number of carbonyl (C=O) groups is 4. The van der Waals surface area contributed by atoms with Crippen LogP contribution < -0.4 is 0 Å². The molecule has 0 aromatic heterocycles. The number of hydrogen-bond donors (Lipinski definition) is 2. The lowest BCUT2D eigenvalue weighted by molar-refractivity contribution is -0.190. The summed E-state index contributed by atoms with van der Waals surface area (Å²) in [5.41, 5.74) is -1.64. The van der Waals surface area contributed by atoms with Gasteiger partial charge in [-0.25, -0.2) is 9.59 Å². The highest BCUT2D eigenvalue weighted by Gasteiger charge is 2.46. The highest BCUT2D eigenvalue weighted by molar-refractivity contribution is 5.87. The number of carboxylic acid groups (broad SMARTS) is 2. The fraction of sp³-hybridized carbons (Fsp3) is 0.692. The first kappa shape index (κ1) is 18.9. The van der Waals surface area contributed by atoms with E-state index >= 15 is 0 Å². The molecule has 0 aliphatic heterocycles. The molecule has 120 valence electrons. The lowest BCUT2D eigenvalue weighted by Gasteiger charge is -2.37. The van der Waals surface area contributed by atoms with Gasteiger partial charge in [-0.2, -0.15) is 0 Å². The molecule has 0 aromatic rings. The van der Waals surface area contributed by atoms with Crippen LogP contribution >= 0.6 is 0 Å². The largest absolute Gasteiger partial charge is 0.478 e. The van der Waals surface area contributed by atoms with E-state index in [-0.39, 0.29) is 6.47 Å². The first-order valence-corrected chi connectivity index (χ1v) is 6.12. The van der Waals surface area contributed by atoms with Crippen molar-refractivity contribution in [3.05, 3.63) is 0 Å². The second-order valence-electron chi connectivity index (χ2n) is 6.03. The smallest absolute Gasteiger partial charge is 0.349 e. The van der Waals surface area contributed by atoms with E-state index < -0.39 is 40.9 Å². The summed E-state index contributed by atoms with van der Waals surface area (Å²) in [6.07, 6.45) is -4.23. The maximum atomic E-state index is 12.1. The van der Waals surface area contributed by atoms with Crippen molar-refractivity contribution >= 4 is 24.4 Å². The molecule has 0 aliphatic rings. The summed E-state index contributed by atoms with van der Waals surface area (Å²) in [7, 11) is 0. The van der Waals surface area contributed by atoms with Crippen LogP contribution in [0.3, 0.4) is 0 Å². The topological polar surface area (TPSA) is 127 Å². The van der Waals surface area contributed by atoms with Gasteiger partial charge < -0.3 is 19.7 Å². The van der Waals surface area contributed by atoms with Gasteiger partial charge in [0.2, 0.25) is 12.2 Å². The van der Waals surface area contributed by atoms with Crippen molar-refractivity contribution in [2.24, 2.45) is 10.8 Å². The van der Waals surface area contributed by atoms with Gasteiger partial charge in [0.05, 0.1) is 5.41 Å². The quantitative estimate of drug-likeness (QED) is 0.519. The fourth-order valence-electron chi connectivity index (χ4n) is 1.13. The van der Waals surface area contributed by atoms with Crippen LogP contribution in [0, 0.1) is 10.8 Å². The van der Waals surface area contributed by atoms with E-state index in [9.17, 15) is 19.2 Å². The van der Waals surface area contributed by atoms with Gasteiger partial charge in [0, 0.05) is 0 Å². The Kier molecular flexibility index (Phi) is 5.89. The molecule has 2 N–H and O–H groups in total. The lowest BCUT2D eigenvalue weighted by atomic mass is 9.69. The average molecular weight is 304 g/mol. The Hall–Kier alpha value is -2.12. The molecule has 0 amide bonds. The summed E-state index contributed by atoms with van der Waals surface area (Å²) in [6.45, 7) is 8.13. The van der Waals surface area contributed by atoms with Gasteiger partial charge in [-0.3, -0.25) is 9.59 Å². The first-order chi connectivity index (χ1) is 9.36. The van der Waals surface area contributed by atoms with Crippen LogP contribution in [0.4, 0.5) is 0 Å². The number of esters is 1. The van der Waals surface area contributed by atoms with Crippen LogP contribution in [0.15, 0.2) is 0 Å². The SMILES string of the molecule is CC(C)(C)C(C)(C)C(=O)OC(C(=O)O)C(OC=O)C(=O)O. The second-order valence-corrected chi connectivity index (χ2v) is 6.03. The van der Waals surface area contributed by atoms with E-state index in [1.165, 1.54) is 0 Å². The number of carboxylic acids is 2. The lowest BCUT2D eigenvalue weighted by Crippen LogP contribution is -2.48. The van der Waals surface area contributed by atoms with Crippen molar-refractivity contribution in [2.45, 2.75) is 46.8 Å². The zero-order chi connectivity index (χ0) is 17.0. The van der Waals surface area contributed by atoms with E-state index in [4.69, 9.17) is 14.9 Å². The zero-order valence-corrected chi connectivity index (χ0v) is 12.6. The van der Waals surface area contributed by atoms with Gasteiger partial charge in [-0.1, -0.05) is 20.8 Å². The van der Waals surface area contributed by atoms with Crippen LogP contribution in [-0.2, 0) is 28.7 Å². The monoisotopic (exact) mass is 304 g/mol. The Morgan fingerprint density at radius 2 is 1.38 bits per heavy atom. The van der Waals surface area contributed by atoms with Crippen molar-refractivity contribution < 1.29 is 38.9 Å². The van der Waals surface area contributed by atoms with Crippen molar-refractivity contribution in [1.82, 2.24) is 0 Å². The molecule has 0 aliphatic carbocycles. The van der Waals surface area contributed by atoms with E-state index in [0.29, 0.717) is 0 Å². The van der Waals surface area contributed by atoms with E-state index in [1.54, 1.807) is 34.6 Å². The van der Waals surface area contributed by atoms with Gasteiger partial charge in [0.15, 0.2) is 0 Å². The molecule has 0 fully saturated rings. The Bertz CT molecular complexity index is 432. The summed E-state index contributed by atoms with van der Waals surface area (Å²) >= 11 is 0. The summed E-state index contributed by atoms with van der Waals surface area (Å²) in [5, 5.41) is 17.9. The molecule has 8 heteroatoms. The summed E-state index contributed by atoms with van der Waals surface area (Å²) in [4.78, 5) is 44.4. The van der Waals surface area contributed by atoms with Gasteiger partial charge in [-0.15, -0.1) is 0 Å². The maximum Gasteiger partial charge on any atom is 0.349 e. The fourth-order valence-corrected chi connectivity index (χ4v) is 1.13. The van der Waals surface area contributed by atoms with E-state index in [0.717, 1.165) is 0 Å². The third kappa shape index (κ3) is 4.44. The average Bonchev–Trinajstić information content (AvgIpc) is 2.30. The van der Waals surface area contributed by atoms with Crippen molar-refractivity contribution in [3.63, 3.8) is 0 Å². The molecular weight excluding hydrogens is 284 g/mol. The number of rotatable bonds is 7. The Morgan fingerprint density at radius 3 is 1.67 bits per heavy atom. The summed E-state index contributed by atoms with van der Waals surface area (Å²) in [6, 6.07) is 0. The van der Waals surface area contributed by atoms with Crippen LogP contribution in [0.5, 0.6) is 0 Å². The Labute approximate surface area is 122 Å². The predicted molar refractivity (Wildman–Crippen MR) is 69.3 cm³/mol. The highest BCUT2D eigenvalue weighted by atomic mass is 16.6. The number of hydrogen-bond acceptors (Lipinski definition) is 6. The normalized spacial score (nSPS) is 14.7. The minimum Gasteiger partial charge on any atom is -0.478 e. The molecule has 0 spiro atoms. The van der Waals surface area contributed by atoms with Gasteiger partial charge in [-0.05, 0) is 19.3 Å². The minimum atomic E-state index is -2.12. The minimum absolute atomic E-state index is 0.211. The Morgan fingerprint density at radius 1 is 0.952 bits per heavy atom. The van der Waals surface area contributed by atoms with Gasteiger partial charge >= 0.3 is 17.9 Å². The molecule has 2 unspecified atom stereocenters. The molecule has 0 bridgehead atoms. The van der Waals surface area contributed by atoms with Crippen LogP contribution in [0.2, 0.25) is 0 Å². The zero-order valence-electron chi connectivity index (χ0n) is 12.6. The molecule has 0 radical (unpaired) electrons. The molecule has 2 atom stereocenters. The molecule has 0 heterocycles. The van der Waals surface area contributed by atoms with E-state index in [2.05, 4.69) is 4.74 Å². The van der Waals surface area contributed by atoms with Gasteiger partial charge in [0.25, 0.3) is 6.47 Å². The van der Waals surface area contributed by atoms with Crippen molar-refractivity contribution in [3.8, 4) is 0 Å². The van der Waals surface area contributed by atoms with Gasteiger partial charge in [0.1, 0.15) is 0 Å². The van der Waals surface area contributed by atoms with Crippen molar-refractivity contribution in [1.29, 1.82) is 0 Å². The van der Waals surface area contributed by atoms with E-state index in [1.807, 2.05) is 0 Å². The van der Waals surface area contributed by atoms with Crippen LogP contribution in [0.1, 0.15) is 34.6 Å². The maximum absolute atomic E-state index is 12.1. The molecule has 0 saturated heterocycles. The number of carbonyl (C=O) groups excluding carboxylic acids is 2. The molecule has 0 rings (SSSR count).